The number of methoxy groups -OCH3 is 1. The van der Waals surface area contributed by atoms with Gasteiger partial charge in [-0.05, 0) is 43.4 Å². The van der Waals surface area contributed by atoms with E-state index in [9.17, 15) is 9.18 Å². The highest BCUT2D eigenvalue weighted by Crippen LogP contribution is 2.30. The summed E-state index contributed by atoms with van der Waals surface area (Å²) in [7, 11) is 5.06. The number of anilines is 2. The lowest BCUT2D eigenvalue weighted by molar-refractivity contribution is 0.102. The van der Waals surface area contributed by atoms with E-state index in [0.717, 1.165) is 19.6 Å². The molecule has 158 valence electrons. The molecule has 0 unspecified atom stereocenters. The summed E-state index contributed by atoms with van der Waals surface area (Å²) in [5.74, 6) is 0.293. The largest absolute Gasteiger partial charge is 0.493 e. The van der Waals surface area contributed by atoms with Crippen molar-refractivity contribution in [1.29, 1.82) is 0 Å². The fraction of sp³-hybridized carbons (Fsp3) is 0.409. The zero-order valence-corrected chi connectivity index (χ0v) is 17.8. The van der Waals surface area contributed by atoms with E-state index in [0.29, 0.717) is 29.5 Å². The highest BCUT2D eigenvalue weighted by atomic mass is 19.1. The fourth-order valence-corrected chi connectivity index (χ4v) is 2.91. The summed E-state index contributed by atoms with van der Waals surface area (Å²) in [5.41, 5.74) is 1.22. The molecule has 1 N–H and O–H groups in total. The minimum absolute atomic E-state index is 0.243. The lowest BCUT2D eigenvalue weighted by atomic mass is 10.1. The summed E-state index contributed by atoms with van der Waals surface area (Å²) in [6.07, 6.45) is 0. The van der Waals surface area contributed by atoms with E-state index in [4.69, 9.17) is 9.47 Å². The van der Waals surface area contributed by atoms with Gasteiger partial charge in [-0.1, -0.05) is 13.8 Å². The third-order valence-corrected chi connectivity index (χ3v) is 4.67. The summed E-state index contributed by atoms with van der Waals surface area (Å²) in [6.45, 7) is 7.42. The SMILES string of the molecule is CCN(CC)CCOc1cc(NC(=O)c2ccc(N(C)C)c(F)c2)ccc1OC. The van der Waals surface area contributed by atoms with Gasteiger partial charge in [0.1, 0.15) is 12.4 Å². The number of carbonyl (C=O) groups is 1. The Morgan fingerprint density at radius 3 is 2.38 bits per heavy atom. The number of ether oxygens (including phenoxy) is 2. The molecule has 0 heterocycles. The first kappa shape index (κ1) is 22.5. The topological polar surface area (TPSA) is 54.0 Å². The van der Waals surface area contributed by atoms with Gasteiger partial charge in [0.25, 0.3) is 5.91 Å². The predicted molar refractivity (Wildman–Crippen MR) is 115 cm³/mol. The highest BCUT2D eigenvalue weighted by molar-refractivity contribution is 6.04. The number of likely N-dealkylation sites (N-methyl/N-ethyl adjacent to an activating group) is 1. The van der Waals surface area contributed by atoms with Crippen LogP contribution in [-0.2, 0) is 0 Å². The Hall–Kier alpha value is -2.80. The fourth-order valence-electron chi connectivity index (χ4n) is 2.91. The second kappa shape index (κ2) is 10.7. The molecule has 0 saturated heterocycles. The number of halogens is 1. The van der Waals surface area contributed by atoms with Crippen molar-refractivity contribution in [2.24, 2.45) is 0 Å². The van der Waals surface area contributed by atoms with E-state index in [1.54, 1.807) is 56.4 Å². The van der Waals surface area contributed by atoms with Crippen LogP contribution in [-0.4, -0.2) is 58.3 Å². The summed E-state index contributed by atoms with van der Waals surface area (Å²) in [6, 6.07) is 9.58. The Bertz CT molecular complexity index is 823. The molecule has 0 fully saturated rings. The molecule has 2 aromatic rings. The standard InChI is InChI=1S/C22H30FN3O3/c1-6-26(7-2)12-13-29-21-15-17(9-11-20(21)28-5)24-22(27)16-8-10-19(25(3)4)18(23)14-16/h8-11,14-15H,6-7,12-13H2,1-5H3,(H,24,27). The van der Waals surface area contributed by atoms with Gasteiger partial charge in [-0.15, -0.1) is 0 Å². The first-order chi connectivity index (χ1) is 13.9. The summed E-state index contributed by atoms with van der Waals surface area (Å²) in [5, 5.41) is 2.78. The van der Waals surface area contributed by atoms with E-state index in [-0.39, 0.29) is 5.56 Å². The molecule has 0 aliphatic heterocycles. The highest BCUT2D eigenvalue weighted by Gasteiger charge is 2.13. The number of nitrogens with one attached hydrogen (secondary N) is 1. The van der Waals surface area contributed by atoms with Crippen molar-refractivity contribution >= 4 is 17.3 Å². The van der Waals surface area contributed by atoms with Gasteiger partial charge in [0, 0.05) is 38.0 Å². The van der Waals surface area contributed by atoms with Gasteiger partial charge in [0.2, 0.25) is 0 Å². The third-order valence-electron chi connectivity index (χ3n) is 4.67. The molecule has 0 aliphatic carbocycles. The zero-order valence-electron chi connectivity index (χ0n) is 17.8. The van der Waals surface area contributed by atoms with Gasteiger partial charge >= 0.3 is 0 Å². The first-order valence-corrected chi connectivity index (χ1v) is 9.71. The van der Waals surface area contributed by atoms with Gasteiger partial charge in [-0.25, -0.2) is 4.39 Å². The number of benzene rings is 2. The van der Waals surface area contributed by atoms with Crippen LogP contribution in [0, 0.1) is 5.82 Å². The Labute approximate surface area is 172 Å². The van der Waals surface area contributed by atoms with Gasteiger partial charge < -0.3 is 24.6 Å². The van der Waals surface area contributed by atoms with Crippen molar-refractivity contribution in [1.82, 2.24) is 4.90 Å². The lowest BCUT2D eigenvalue weighted by Crippen LogP contribution is -2.28. The van der Waals surface area contributed by atoms with E-state index < -0.39 is 11.7 Å². The molecule has 0 saturated carbocycles. The molecule has 1 amide bonds. The van der Waals surface area contributed by atoms with Gasteiger partial charge in [0.05, 0.1) is 12.8 Å². The molecule has 2 aromatic carbocycles. The van der Waals surface area contributed by atoms with Crippen molar-refractivity contribution < 1.29 is 18.7 Å². The normalized spacial score (nSPS) is 10.7. The number of hydrogen-bond donors (Lipinski definition) is 1. The molecular formula is C22H30FN3O3. The maximum atomic E-state index is 14.2. The van der Waals surface area contributed by atoms with Crippen LogP contribution in [0.3, 0.4) is 0 Å². The summed E-state index contributed by atoms with van der Waals surface area (Å²) < 4.78 is 25.4. The minimum Gasteiger partial charge on any atom is -0.493 e. The Kier molecular flexibility index (Phi) is 8.27. The average molecular weight is 403 g/mol. The van der Waals surface area contributed by atoms with Gasteiger partial charge in [-0.3, -0.25) is 4.79 Å². The molecule has 29 heavy (non-hydrogen) atoms. The monoisotopic (exact) mass is 403 g/mol. The number of amides is 1. The maximum Gasteiger partial charge on any atom is 0.255 e. The molecular weight excluding hydrogens is 373 g/mol. The lowest BCUT2D eigenvalue weighted by Gasteiger charge is -2.19. The van der Waals surface area contributed by atoms with Gasteiger partial charge in [-0.2, -0.15) is 0 Å². The predicted octanol–water partition coefficient (Wildman–Crippen LogP) is 3.87. The van der Waals surface area contributed by atoms with Crippen LogP contribution in [0.2, 0.25) is 0 Å². The van der Waals surface area contributed by atoms with Crippen molar-refractivity contribution in [3.63, 3.8) is 0 Å². The Morgan fingerprint density at radius 2 is 1.79 bits per heavy atom. The molecule has 0 radical (unpaired) electrons. The van der Waals surface area contributed by atoms with Crippen LogP contribution >= 0.6 is 0 Å². The van der Waals surface area contributed by atoms with Crippen molar-refractivity contribution in [3.8, 4) is 11.5 Å². The quantitative estimate of drug-likeness (QED) is 0.653. The average Bonchev–Trinajstić information content (AvgIpc) is 2.71. The van der Waals surface area contributed by atoms with Gasteiger partial charge in [0.15, 0.2) is 11.5 Å². The van der Waals surface area contributed by atoms with Crippen LogP contribution in [0.15, 0.2) is 36.4 Å². The number of rotatable bonds is 10. The van der Waals surface area contributed by atoms with E-state index in [1.165, 1.54) is 6.07 Å². The minimum atomic E-state index is -0.446. The van der Waals surface area contributed by atoms with E-state index in [1.807, 2.05) is 0 Å². The van der Waals surface area contributed by atoms with Crippen molar-refractivity contribution in [2.45, 2.75) is 13.8 Å². The zero-order chi connectivity index (χ0) is 21.4. The third kappa shape index (κ3) is 6.09. The van der Waals surface area contributed by atoms with Crippen LogP contribution in [0.1, 0.15) is 24.2 Å². The Balaban J connectivity index is 2.10. The molecule has 0 aromatic heterocycles. The van der Waals surface area contributed by atoms with Crippen LogP contribution in [0.5, 0.6) is 11.5 Å². The maximum absolute atomic E-state index is 14.2. The molecule has 2 rings (SSSR count). The number of nitrogens with zero attached hydrogens (tertiary/aromatic N) is 2. The van der Waals surface area contributed by atoms with Crippen LogP contribution < -0.4 is 19.7 Å². The van der Waals surface area contributed by atoms with Crippen molar-refractivity contribution in [2.75, 3.05) is 57.7 Å². The van der Waals surface area contributed by atoms with Crippen molar-refractivity contribution in [3.05, 3.63) is 47.8 Å². The number of carbonyl (C=O) groups excluding carboxylic acids is 1. The smallest absolute Gasteiger partial charge is 0.255 e. The molecule has 6 nitrogen and oxygen atoms in total. The summed E-state index contributed by atoms with van der Waals surface area (Å²) in [4.78, 5) is 16.4. The summed E-state index contributed by atoms with van der Waals surface area (Å²) >= 11 is 0. The van der Waals surface area contributed by atoms with Crippen LogP contribution in [0.25, 0.3) is 0 Å². The van der Waals surface area contributed by atoms with Crippen LogP contribution in [0.4, 0.5) is 15.8 Å². The molecule has 7 heteroatoms. The second-order valence-electron chi connectivity index (χ2n) is 6.76. The molecule has 0 atom stereocenters. The molecule has 0 spiro atoms. The molecule has 0 aliphatic rings. The van der Waals surface area contributed by atoms with E-state index in [2.05, 4.69) is 24.1 Å². The number of hydrogen-bond acceptors (Lipinski definition) is 5. The first-order valence-electron chi connectivity index (χ1n) is 9.71. The van der Waals surface area contributed by atoms with E-state index >= 15 is 0 Å². The Morgan fingerprint density at radius 1 is 1.07 bits per heavy atom. The second-order valence-corrected chi connectivity index (χ2v) is 6.76. The molecule has 0 bridgehead atoms.